The van der Waals surface area contributed by atoms with E-state index in [9.17, 15) is 4.79 Å². The fourth-order valence-electron chi connectivity index (χ4n) is 4.95. The summed E-state index contributed by atoms with van der Waals surface area (Å²) in [5.41, 5.74) is 5.00. The molecule has 5 heterocycles. The maximum Gasteiger partial charge on any atom is 0.280 e. The number of hydrogen-bond donors (Lipinski definition) is 0. The molecule has 0 saturated heterocycles. The largest absolute Gasteiger partial charge is 0.347 e. The van der Waals surface area contributed by atoms with Crippen molar-refractivity contribution in [3.05, 3.63) is 82.1 Å². The first kappa shape index (κ1) is 21.1. The second-order valence-corrected chi connectivity index (χ2v) is 9.65. The standard InChI is InChI=1S/C24H20ClN9O2/c1-31-11-26-23-21(31)24(35)34(12-27-23)10-19-29-22(30-36-19)20-17-8-33(9-18(17)20)16-4-13(3-15(25)5-16)14-6-28-32(2)7-14/h3-8,11-12,18,20H,9-10H2,1-2H3/t18-,20-/m1/s1. The molecule has 2 aliphatic rings. The first-order valence-electron chi connectivity index (χ1n) is 11.4. The highest BCUT2D eigenvalue weighted by Gasteiger charge is 2.52. The van der Waals surface area contributed by atoms with Gasteiger partial charge in [-0.25, -0.2) is 9.97 Å². The lowest BCUT2D eigenvalue weighted by molar-refractivity contribution is 0.364. The van der Waals surface area contributed by atoms with Crippen molar-refractivity contribution in [1.29, 1.82) is 0 Å². The van der Waals surface area contributed by atoms with E-state index in [1.54, 1.807) is 22.6 Å². The molecule has 1 aliphatic carbocycles. The van der Waals surface area contributed by atoms with Crippen LogP contribution in [-0.2, 0) is 20.6 Å². The van der Waals surface area contributed by atoms with Crippen LogP contribution in [0, 0.1) is 5.92 Å². The van der Waals surface area contributed by atoms with Crippen molar-refractivity contribution < 1.29 is 4.52 Å². The van der Waals surface area contributed by atoms with E-state index in [2.05, 4.69) is 42.4 Å². The Hall–Kier alpha value is -4.25. The predicted octanol–water partition coefficient (Wildman–Crippen LogP) is 2.73. The van der Waals surface area contributed by atoms with Gasteiger partial charge in [0.1, 0.15) is 12.9 Å². The van der Waals surface area contributed by atoms with Crippen LogP contribution in [0.4, 0.5) is 5.69 Å². The summed E-state index contributed by atoms with van der Waals surface area (Å²) in [7, 11) is 3.66. The highest BCUT2D eigenvalue weighted by molar-refractivity contribution is 6.31. The number of anilines is 1. The minimum absolute atomic E-state index is 0.130. The van der Waals surface area contributed by atoms with E-state index in [0.717, 1.165) is 23.4 Å². The number of halogens is 1. The molecule has 0 spiro atoms. The Morgan fingerprint density at radius 1 is 1.14 bits per heavy atom. The van der Waals surface area contributed by atoms with E-state index in [4.69, 9.17) is 16.1 Å². The Morgan fingerprint density at radius 2 is 2.00 bits per heavy atom. The summed E-state index contributed by atoms with van der Waals surface area (Å²) < 4.78 is 10.4. The average molecular weight is 502 g/mol. The second-order valence-electron chi connectivity index (χ2n) is 9.22. The maximum absolute atomic E-state index is 12.8. The summed E-state index contributed by atoms with van der Waals surface area (Å²) >= 11 is 6.43. The van der Waals surface area contributed by atoms with Gasteiger partial charge in [0, 0.05) is 55.2 Å². The lowest BCUT2D eigenvalue weighted by Gasteiger charge is -2.19. The SMILES string of the molecule is Cn1cc(-c2cc(Cl)cc(N3C=C4[C@@H](C3)[C@@H]4c3noc(Cn4cnc5ncn(C)c5c4=O)n3)c2)cn1. The van der Waals surface area contributed by atoms with E-state index in [-0.39, 0.29) is 18.0 Å². The number of fused-ring (bicyclic) bond motifs is 2. The van der Waals surface area contributed by atoms with E-state index in [1.807, 2.05) is 31.6 Å². The quantitative estimate of drug-likeness (QED) is 0.361. The van der Waals surface area contributed by atoms with Crippen LogP contribution >= 0.6 is 11.6 Å². The summed E-state index contributed by atoms with van der Waals surface area (Å²) in [6.45, 7) is 0.972. The molecular formula is C24H20ClN9O2. The highest BCUT2D eigenvalue weighted by Crippen LogP contribution is 2.57. The van der Waals surface area contributed by atoms with Gasteiger partial charge in [0.25, 0.3) is 5.56 Å². The number of nitrogens with zero attached hydrogens (tertiary/aromatic N) is 9. The van der Waals surface area contributed by atoms with Crippen molar-refractivity contribution in [1.82, 2.24) is 39.0 Å². The van der Waals surface area contributed by atoms with Gasteiger partial charge in [-0.15, -0.1) is 0 Å². The van der Waals surface area contributed by atoms with E-state index in [1.165, 1.54) is 16.5 Å². The van der Waals surface area contributed by atoms with Crippen molar-refractivity contribution in [2.45, 2.75) is 12.5 Å². The molecule has 0 unspecified atom stereocenters. The van der Waals surface area contributed by atoms with Crippen LogP contribution in [-0.4, -0.2) is 45.6 Å². The minimum atomic E-state index is -0.200. The van der Waals surface area contributed by atoms with Gasteiger partial charge in [-0.2, -0.15) is 10.1 Å². The zero-order valence-corrected chi connectivity index (χ0v) is 20.2. The number of hydrogen-bond acceptors (Lipinski definition) is 8. The molecule has 0 amide bonds. The molecule has 5 aromatic rings. The molecular weight excluding hydrogens is 482 g/mol. The zero-order chi connectivity index (χ0) is 24.6. The molecule has 4 aromatic heterocycles. The van der Waals surface area contributed by atoms with Crippen LogP contribution in [0.2, 0.25) is 5.02 Å². The molecule has 1 aliphatic heterocycles. The third-order valence-electron chi connectivity index (χ3n) is 6.80. The summed E-state index contributed by atoms with van der Waals surface area (Å²) in [5.74, 6) is 1.47. The second kappa shape index (κ2) is 7.62. The summed E-state index contributed by atoms with van der Waals surface area (Å²) in [4.78, 5) is 27.9. The Balaban J connectivity index is 1.10. The first-order chi connectivity index (χ1) is 17.4. The Morgan fingerprint density at radius 3 is 2.78 bits per heavy atom. The molecule has 1 fully saturated rings. The molecule has 180 valence electrons. The molecule has 7 rings (SSSR count). The fourth-order valence-corrected chi connectivity index (χ4v) is 5.17. The molecule has 2 atom stereocenters. The van der Waals surface area contributed by atoms with Crippen LogP contribution in [0.25, 0.3) is 22.3 Å². The van der Waals surface area contributed by atoms with Gasteiger partial charge < -0.3 is 14.0 Å². The van der Waals surface area contributed by atoms with E-state index < -0.39 is 0 Å². The number of aryl methyl sites for hydroxylation is 2. The van der Waals surface area contributed by atoms with Crippen molar-refractivity contribution in [2.75, 3.05) is 11.4 Å². The van der Waals surface area contributed by atoms with Crippen molar-refractivity contribution >= 4 is 28.5 Å². The van der Waals surface area contributed by atoms with Gasteiger partial charge in [0.15, 0.2) is 17.0 Å². The van der Waals surface area contributed by atoms with Gasteiger partial charge in [0.2, 0.25) is 5.89 Å². The lowest BCUT2D eigenvalue weighted by Crippen LogP contribution is -2.22. The zero-order valence-electron chi connectivity index (χ0n) is 19.4. The molecule has 12 heteroatoms. The van der Waals surface area contributed by atoms with Crippen LogP contribution in [0.15, 0.2) is 64.3 Å². The van der Waals surface area contributed by atoms with E-state index in [0.29, 0.717) is 33.8 Å². The first-order valence-corrected chi connectivity index (χ1v) is 11.8. The molecule has 1 saturated carbocycles. The predicted molar refractivity (Wildman–Crippen MR) is 131 cm³/mol. The summed E-state index contributed by atoms with van der Waals surface area (Å²) in [5, 5.41) is 9.13. The van der Waals surface area contributed by atoms with Gasteiger partial charge in [-0.3, -0.25) is 14.0 Å². The number of benzene rings is 1. The maximum atomic E-state index is 12.8. The van der Waals surface area contributed by atoms with Gasteiger partial charge in [-0.1, -0.05) is 16.8 Å². The number of rotatable bonds is 5. The smallest absolute Gasteiger partial charge is 0.280 e. The van der Waals surface area contributed by atoms with Gasteiger partial charge in [-0.05, 0) is 29.3 Å². The van der Waals surface area contributed by atoms with Crippen LogP contribution < -0.4 is 10.5 Å². The van der Waals surface area contributed by atoms with Crippen molar-refractivity contribution in [2.24, 2.45) is 20.0 Å². The highest BCUT2D eigenvalue weighted by atomic mass is 35.5. The molecule has 1 aromatic carbocycles. The Labute approximate surface area is 209 Å². The van der Waals surface area contributed by atoms with Gasteiger partial charge >= 0.3 is 0 Å². The average Bonchev–Trinajstić information content (AvgIpc) is 3.42. The molecule has 11 nitrogen and oxygen atoms in total. The lowest BCUT2D eigenvalue weighted by atomic mass is 10.1. The van der Waals surface area contributed by atoms with E-state index >= 15 is 0 Å². The Bertz CT molecular complexity index is 1740. The molecule has 0 radical (unpaired) electrons. The third-order valence-corrected chi connectivity index (χ3v) is 7.02. The van der Waals surface area contributed by atoms with Crippen LogP contribution in [0.3, 0.4) is 0 Å². The summed E-state index contributed by atoms with van der Waals surface area (Å²) in [6.07, 6.45) is 8.98. The van der Waals surface area contributed by atoms with Crippen LogP contribution in [0.5, 0.6) is 0 Å². The topological polar surface area (TPSA) is 113 Å². The minimum Gasteiger partial charge on any atom is -0.347 e. The monoisotopic (exact) mass is 501 g/mol. The van der Waals surface area contributed by atoms with Crippen molar-refractivity contribution in [3.8, 4) is 11.1 Å². The van der Waals surface area contributed by atoms with Gasteiger partial charge in [0.05, 0.1) is 18.4 Å². The Kier molecular flexibility index (Phi) is 4.46. The van der Waals surface area contributed by atoms with Crippen LogP contribution in [0.1, 0.15) is 17.6 Å². The van der Waals surface area contributed by atoms with Crippen molar-refractivity contribution in [3.63, 3.8) is 0 Å². The molecule has 0 N–H and O–H groups in total. The number of imidazole rings is 1. The molecule has 36 heavy (non-hydrogen) atoms. The third kappa shape index (κ3) is 3.34. The molecule has 0 bridgehead atoms. The normalized spacial score (nSPS) is 18.6. The number of aromatic nitrogens is 8. The fraction of sp³-hybridized carbons (Fsp3) is 0.250. The summed E-state index contributed by atoms with van der Waals surface area (Å²) in [6, 6.07) is 6.04.